The molecular weight excluding hydrogens is 432 g/mol. The van der Waals surface area contributed by atoms with E-state index < -0.39 is 16.8 Å². The summed E-state index contributed by atoms with van der Waals surface area (Å²) in [4.78, 5) is 36.5. The van der Waals surface area contributed by atoms with Crippen molar-refractivity contribution in [1.82, 2.24) is 0 Å². The molecule has 200 valence electrons. The Hall–Kier alpha value is -1.59. The van der Waals surface area contributed by atoms with Crippen LogP contribution in [0, 0.1) is 10.8 Å². The third-order valence-corrected chi connectivity index (χ3v) is 5.83. The first-order chi connectivity index (χ1) is 16.0. The van der Waals surface area contributed by atoms with E-state index in [4.69, 9.17) is 14.2 Å². The van der Waals surface area contributed by atoms with Crippen LogP contribution in [0.15, 0.2) is 0 Å². The van der Waals surface area contributed by atoms with Gasteiger partial charge in [0, 0.05) is 18.3 Å². The lowest BCUT2D eigenvalue weighted by molar-refractivity contribution is -0.165. The standard InChI is InChI=1S/C28H52O6/c1-7-9-11-13-15-17-19-24(29)32-21-27(3,4)22-34-26(31)28(5,6)23-33-25(30)20-18-16-14-12-10-8-2/h7-23H2,1-6H3. The van der Waals surface area contributed by atoms with Gasteiger partial charge in [0.25, 0.3) is 0 Å². The first-order valence-electron chi connectivity index (χ1n) is 13.5. The molecule has 0 aliphatic rings. The molecule has 6 heteroatoms. The molecule has 0 aromatic heterocycles. The molecule has 0 radical (unpaired) electrons. The van der Waals surface area contributed by atoms with Crippen LogP contribution in [-0.4, -0.2) is 37.7 Å². The zero-order valence-electron chi connectivity index (χ0n) is 23.0. The van der Waals surface area contributed by atoms with E-state index in [1.165, 1.54) is 38.5 Å². The van der Waals surface area contributed by atoms with E-state index in [0.717, 1.165) is 38.5 Å². The normalized spacial score (nSPS) is 11.8. The first-order valence-corrected chi connectivity index (χ1v) is 13.5. The number of esters is 3. The molecule has 0 rings (SSSR count). The molecular formula is C28H52O6. The van der Waals surface area contributed by atoms with E-state index >= 15 is 0 Å². The van der Waals surface area contributed by atoms with Gasteiger partial charge in [-0.05, 0) is 26.7 Å². The van der Waals surface area contributed by atoms with Gasteiger partial charge in [0.1, 0.15) is 6.61 Å². The molecule has 0 unspecified atom stereocenters. The molecule has 0 aliphatic heterocycles. The lowest BCUT2D eigenvalue weighted by Crippen LogP contribution is -2.36. The number of hydrogen-bond donors (Lipinski definition) is 0. The summed E-state index contributed by atoms with van der Waals surface area (Å²) < 4.78 is 16.2. The summed E-state index contributed by atoms with van der Waals surface area (Å²) in [5.74, 6) is -0.896. The van der Waals surface area contributed by atoms with Crippen LogP contribution in [0.1, 0.15) is 131 Å². The van der Waals surface area contributed by atoms with E-state index in [1.54, 1.807) is 13.8 Å². The summed E-state index contributed by atoms with van der Waals surface area (Å²) in [6.07, 6.45) is 14.2. The quantitative estimate of drug-likeness (QED) is 0.0976. The van der Waals surface area contributed by atoms with Crippen LogP contribution >= 0.6 is 0 Å². The molecule has 0 atom stereocenters. The van der Waals surface area contributed by atoms with Crippen molar-refractivity contribution in [3.63, 3.8) is 0 Å². The number of ether oxygens (including phenoxy) is 3. The Morgan fingerprint density at radius 2 is 0.912 bits per heavy atom. The van der Waals surface area contributed by atoms with Crippen molar-refractivity contribution in [1.29, 1.82) is 0 Å². The maximum Gasteiger partial charge on any atom is 0.315 e. The molecule has 0 saturated carbocycles. The minimum Gasteiger partial charge on any atom is -0.465 e. The second kappa shape index (κ2) is 18.7. The molecule has 0 N–H and O–H groups in total. The number of carbonyl (C=O) groups excluding carboxylic acids is 3. The molecule has 6 nitrogen and oxygen atoms in total. The van der Waals surface area contributed by atoms with Crippen LogP contribution < -0.4 is 0 Å². The number of unbranched alkanes of at least 4 members (excludes halogenated alkanes) is 10. The minimum absolute atomic E-state index is 0.00578. The Balaban J connectivity index is 4.11. The van der Waals surface area contributed by atoms with Gasteiger partial charge in [0.15, 0.2) is 0 Å². The van der Waals surface area contributed by atoms with Crippen LogP contribution in [0.3, 0.4) is 0 Å². The van der Waals surface area contributed by atoms with Crippen LogP contribution in [0.25, 0.3) is 0 Å². The molecule has 0 amide bonds. The lowest BCUT2D eigenvalue weighted by atomic mass is 9.93. The molecule has 0 aromatic rings. The zero-order chi connectivity index (χ0) is 25.9. The SMILES string of the molecule is CCCCCCCCC(=O)OCC(C)(C)COC(=O)C(C)(C)COC(=O)CCCCCCCC. The fourth-order valence-electron chi connectivity index (χ4n) is 3.34. The number of rotatable bonds is 21. The van der Waals surface area contributed by atoms with Gasteiger partial charge in [0.05, 0.1) is 18.6 Å². The predicted octanol–water partition coefficient (Wildman–Crippen LogP) is 7.17. The Kier molecular flexibility index (Phi) is 17.8. The van der Waals surface area contributed by atoms with Crippen LogP contribution in [0.4, 0.5) is 0 Å². The van der Waals surface area contributed by atoms with Crippen molar-refractivity contribution in [3.8, 4) is 0 Å². The average molecular weight is 485 g/mol. The fourth-order valence-corrected chi connectivity index (χ4v) is 3.34. The lowest BCUT2D eigenvalue weighted by Gasteiger charge is -2.27. The molecule has 0 aromatic carbocycles. The van der Waals surface area contributed by atoms with Crippen LogP contribution in [-0.2, 0) is 28.6 Å². The monoisotopic (exact) mass is 484 g/mol. The smallest absolute Gasteiger partial charge is 0.315 e. The average Bonchev–Trinajstić information content (AvgIpc) is 2.79. The highest BCUT2D eigenvalue weighted by atomic mass is 16.6. The fraction of sp³-hybridized carbons (Fsp3) is 0.893. The molecule has 0 heterocycles. The first kappa shape index (κ1) is 32.4. The van der Waals surface area contributed by atoms with Crippen molar-refractivity contribution < 1.29 is 28.6 Å². The highest BCUT2D eigenvalue weighted by Gasteiger charge is 2.33. The van der Waals surface area contributed by atoms with Gasteiger partial charge in [-0.15, -0.1) is 0 Å². The zero-order valence-corrected chi connectivity index (χ0v) is 23.0. The topological polar surface area (TPSA) is 78.9 Å². The van der Waals surface area contributed by atoms with E-state index in [1.807, 2.05) is 13.8 Å². The van der Waals surface area contributed by atoms with E-state index in [0.29, 0.717) is 12.8 Å². The second-order valence-electron chi connectivity index (χ2n) is 11.0. The van der Waals surface area contributed by atoms with Crippen LogP contribution in [0.2, 0.25) is 0 Å². The Morgan fingerprint density at radius 1 is 0.529 bits per heavy atom. The van der Waals surface area contributed by atoms with Crippen molar-refractivity contribution >= 4 is 17.9 Å². The van der Waals surface area contributed by atoms with E-state index in [2.05, 4.69) is 13.8 Å². The molecule has 0 aliphatic carbocycles. The predicted molar refractivity (Wildman–Crippen MR) is 136 cm³/mol. The molecule has 0 bridgehead atoms. The third kappa shape index (κ3) is 17.8. The Bertz CT molecular complexity index is 567. The van der Waals surface area contributed by atoms with E-state index in [-0.39, 0.29) is 31.8 Å². The molecule has 0 fully saturated rings. The summed E-state index contributed by atoms with van der Waals surface area (Å²) in [6.45, 7) is 11.9. The maximum absolute atomic E-state index is 12.6. The largest absolute Gasteiger partial charge is 0.465 e. The maximum atomic E-state index is 12.6. The number of carbonyl (C=O) groups is 3. The molecule has 0 saturated heterocycles. The summed E-state index contributed by atoms with van der Waals surface area (Å²) in [6, 6.07) is 0. The van der Waals surface area contributed by atoms with E-state index in [9.17, 15) is 14.4 Å². The highest BCUT2D eigenvalue weighted by Crippen LogP contribution is 2.23. The summed E-state index contributed by atoms with van der Waals surface area (Å²) in [7, 11) is 0. The summed E-state index contributed by atoms with van der Waals surface area (Å²) >= 11 is 0. The van der Waals surface area contributed by atoms with Gasteiger partial charge in [-0.2, -0.15) is 0 Å². The Labute approximate surface area is 208 Å². The molecule has 0 spiro atoms. The summed E-state index contributed by atoms with van der Waals surface area (Å²) in [5.41, 5.74) is -1.42. The Morgan fingerprint density at radius 3 is 1.38 bits per heavy atom. The minimum atomic E-state index is -0.929. The highest BCUT2D eigenvalue weighted by molar-refractivity contribution is 5.77. The van der Waals surface area contributed by atoms with Gasteiger partial charge in [0.2, 0.25) is 0 Å². The van der Waals surface area contributed by atoms with Gasteiger partial charge < -0.3 is 14.2 Å². The van der Waals surface area contributed by atoms with Gasteiger partial charge in [-0.1, -0.05) is 91.9 Å². The van der Waals surface area contributed by atoms with Crippen LogP contribution in [0.5, 0.6) is 0 Å². The molecule has 34 heavy (non-hydrogen) atoms. The summed E-state index contributed by atoms with van der Waals surface area (Å²) in [5, 5.41) is 0. The van der Waals surface area contributed by atoms with Gasteiger partial charge in [-0.3, -0.25) is 14.4 Å². The van der Waals surface area contributed by atoms with Crippen molar-refractivity contribution in [2.24, 2.45) is 10.8 Å². The van der Waals surface area contributed by atoms with Crippen molar-refractivity contribution in [2.45, 2.75) is 131 Å². The third-order valence-electron chi connectivity index (χ3n) is 5.83. The van der Waals surface area contributed by atoms with Gasteiger partial charge in [-0.25, -0.2) is 0 Å². The van der Waals surface area contributed by atoms with Crippen molar-refractivity contribution in [2.75, 3.05) is 19.8 Å². The number of hydrogen-bond acceptors (Lipinski definition) is 6. The van der Waals surface area contributed by atoms with Crippen molar-refractivity contribution in [3.05, 3.63) is 0 Å². The van der Waals surface area contributed by atoms with Gasteiger partial charge >= 0.3 is 17.9 Å². The second-order valence-corrected chi connectivity index (χ2v) is 11.0.